The van der Waals surface area contributed by atoms with E-state index >= 15 is 0 Å². The van der Waals surface area contributed by atoms with Gasteiger partial charge >= 0.3 is 0 Å². The van der Waals surface area contributed by atoms with Crippen LogP contribution < -0.4 is 10.2 Å². The Balaban J connectivity index is 2.60. The molecule has 0 N–H and O–H groups in total. The molecule has 5 heteroatoms. The van der Waals surface area contributed by atoms with Crippen LogP contribution in [0.4, 0.5) is 0 Å². The zero-order valence-electron chi connectivity index (χ0n) is 12.8. The lowest BCUT2D eigenvalue weighted by atomic mass is 10.0. The van der Waals surface area contributed by atoms with Gasteiger partial charge < -0.3 is 9.15 Å². The van der Waals surface area contributed by atoms with Crippen LogP contribution in [0.3, 0.4) is 0 Å². The Kier molecular flexibility index (Phi) is 5.77. The van der Waals surface area contributed by atoms with Crippen LogP contribution in [0, 0.1) is 0 Å². The molecule has 22 heavy (non-hydrogen) atoms. The van der Waals surface area contributed by atoms with E-state index in [0.717, 1.165) is 35.9 Å². The minimum absolute atomic E-state index is 0.0902. The number of fused-ring (bicyclic) bond motifs is 1. The fourth-order valence-electron chi connectivity index (χ4n) is 2.29. The number of rotatable bonds is 7. The first-order valence-corrected chi connectivity index (χ1v) is 8.50. The standard InChI is InChI=1S/C17H19BrO4/c1-3-5-13-15(21-9-4-8-18)7-6-12-14(20)10-16(11(2)19)22-17(12)13/h6-7,10H,3-5,8-9H2,1-2H3. The van der Waals surface area contributed by atoms with Crippen molar-refractivity contribution >= 4 is 32.7 Å². The van der Waals surface area contributed by atoms with Crippen LogP contribution in [-0.4, -0.2) is 17.7 Å². The first-order valence-electron chi connectivity index (χ1n) is 7.38. The van der Waals surface area contributed by atoms with Crippen LogP contribution in [0.15, 0.2) is 27.4 Å². The number of hydrogen-bond acceptors (Lipinski definition) is 4. The molecule has 0 radical (unpaired) electrons. The molecular formula is C17H19BrO4. The molecule has 2 aromatic rings. The summed E-state index contributed by atoms with van der Waals surface area (Å²) < 4.78 is 11.5. The fraction of sp³-hybridized carbons (Fsp3) is 0.412. The highest BCUT2D eigenvalue weighted by Crippen LogP contribution is 2.29. The molecule has 0 amide bonds. The third-order valence-electron chi connectivity index (χ3n) is 3.34. The molecule has 0 unspecified atom stereocenters. The van der Waals surface area contributed by atoms with E-state index in [-0.39, 0.29) is 17.0 Å². The van der Waals surface area contributed by atoms with Crippen molar-refractivity contribution in [1.29, 1.82) is 0 Å². The summed E-state index contributed by atoms with van der Waals surface area (Å²) in [6.45, 7) is 4.03. The summed E-state index contributed by atoms with van der Waals surface area (Å²) in [5.41, 5.74) is 1.13. The molecule has 1 heterocycles. The molecule has 0 atom stereocenters. The van der Waals surface area contributed by atoms with Gasteiger partial charge in [-0.05, 0) is 25.0 Å². The minimum atomic E-state index is -0.257. The average Bonchev–Trinajstić information content (AvgIpc) is 2.49. The molecular weight excluding hydrogens is 348 g/mol. The number of ether oxygens (including phenoxy) is 1. The van der Waals surface area contributed by atoms with Crippen LogP contribution in [-0.2, 0) is 6.42 Å². The molecule has 0 saturated carbocycles. The van der Waals surface area contributed by atoms with Crippen molar-refractivity contribution in [2.24, 2.45) is 0 Å². The lowest BCUT2D eigenvalue weighted by Crippen LogP contribution is -2.08. The molecule has 118 valence electrons. The van der Waals surface area contributed by atoms with E-state index in [2.05, 4.69) is 15.9 Å². The summed E-state index contributed by atoms with van der Waals surface area (Å²) in [6.07, 6.45) is 2.51. The molecule has 4 nitrogen and oxygen atoms in total. The van der Waals surface area contributed by atoms with Gasteiger partial charge in [-0.15, -0.1) is 0 Å². The SMILES string of the molecule is CCCc1c(OCCCBr)ccc2c(=O)cc(C(C)=O)oc12. The third-order valence-corrected chi connectivity index (χ3v) is 3.90. The van der Waals surface area contributed by atoms with Crippen LogP contribution in [0.1, 0.15) is 42.8 Å². The number of alkyl halides is 1. The third kappa shape index (κ3) is 3.58. The normalized spacial score (nSPS) is 10.9. The Morgan fingerprint density at radius 3 is 2.77 bits per heavy atom. The van der Waals surface area contributed by atoms with Crippen molar-refractivity contribution < 1.29 is 13.9 Å². The Morgan fingerprint density at radius 1 is 1.36 bits per heavy atom. The summed E-state index contributed by atoms with van der Waals surface area (Å²) in [6, 6.07) is 4.77. The van der Waals surface area contributed by atoms with Gasteiger partial charge in [-0.25, -0.2) is 0 Å². The smallest absolute Gasteiger partial charge is 0.195 e. The molecule has 0 aliphatic heterocycles. The zero-order chi connectivity index (χ0) is 16.1. The van der Waals surface area contributed by atoms with E-state index in [1.807, 2.05) is 13.0 Å². The first-order chi connectivity index (χ1) is 10.6. The van der Waals surface area contributed by atoms with Crippen LogP contribution in [0.25, 0.3) is 11.0 Å². The second kappa shape index (κ2) is 7.58. The van der Waals surface area contributed by atoms with Gasteiger partial charge in [0.05, 0.1) is 12.0 Å². The van der Waals surface area contributed by atoms with Crippen molar-refractivity contribution in [3.63, 3.8) is 0 Å². The predicted molar refractivity (Wildman–Crippen MR) is 90.4 cm³/mol. The van der Waals surface area contributed by atoms with Gasteiger partial charge in [0, 0.05) is 23.9 Å². The summed E-state index contributed by atoms with van der Waals surface area (Å²) in [4.78, 5) is 23.7. The first kappa shape index (κ1) is 16.7. The quantitative estimate of drug-likeness (QED) is 0.420. The van der Waals surface area contributed by atoms with Gasteiger partial charge in [0.25, 0.3) is 0 Å². The van der Waals surface area contributed by atoms with E-state index in [1.54, 1.807) is 6.07 Å². The van der Waals surface area contributed by atoms with Crippen molar-refractivity contribution in [3.05, 3.63) is 39.7 Å². The van der Waals surface area contributed by atoms with E-state index in [4.69, 9.17) is 9.15 Å². The fourth-order valence-corrected chi connectivity index (χ4v) is 2.52. The largest absolute Gasteiger partial charge is 0.493 e. The maximum atomic E-state index is 12.2. The molecule has 1 aromatic carbocycles. The topological polar surface area (TPSA) is 56.5 Å². The van der Waals surface area contributed by atoms with Gasteiger partial charge in [-0.3, -0.25) is 9.59 Å². The molecule has 0 aliphatic rings. The molecule has 0 spiro atoms. The van der Waals surface area contributed by atoms with E-state index < -0.39 is 0 Å². The highest BCUT2D eigenvalue weighted by atomic mass is 79.9. The molecule has 0 saturated heterocycles. The monoisotopic (exact) mass is 366 g/mol. The van der Waals surface area contributed by atoms with Gasteiger partial charge in [0.1, 0.15) is 11.3 Å². The van der Waals surface area contributed by atoms with Gasteiger partial charge in [0.15, 0.2) is 17.0 Å². The van der Waals surface area contributed by atoms with Gasteiger partial charge in [-0.2, -0.15) is 0 Å². The van der Waals surface area contributed by atoms with Crippen LogP contribution in [0.5, 0.6) is 5.75 Å². The zero-order valence-corrected chi connectivity index (χ0v) is 14.4. The number of halogens is 1. The Labute approximate surface area is 137 Å². The number of hydrogen-bond donors (Lipinski definition) is 0. The highest BCUT2D eigenvalue weighted by Gasteiger charge is 2.15. The second-order valence-electron chi connectivity index (χ2n) is 5.09. The molecule has 0 fully saturated rings. The summed E-state index contributed by atoms with van der Waals surface area (Å²) in [7, 11) is 0. The van der Waals surface area contributed by atoms with Gasteiger partial charge in [-0.1, -0.05) is 29.3 Å². The van der Waals surface area contributed by atoms with Crippen LogP contribution >= 0.6 is 15.9 Å². The van der Waals surface area contributed by atoms with Crippen molar-refractivity contribution in [3.8, 4) is 5.75 Å². The molecule has 1 aromatic heterocycles. The number of benzene rings is 1. The van der Waals surface area contributed by atoms with Gasteiger partial charge in [0.2, 0.25) is 0 Å². The number of aryl methyl sites for hydroxylation is 1. The van der Waals surface area contributed by atoms with Crippen LogP contribution in [0.2, 0.25) is 0 Å². The van der Waals surface area contributed by atoms with Crippen molar-refractivity contribution in [2.75, 3.05) is 11.9 Å². The maximum absolute atomic E-state index is 12.2. The number of carbonyl (C=O) groups is 1. The Bertz CT molecular complexity index is 733. The lowest BCUT2D eigenvalue weighted by Gasteiger charge is -2.13. The van der Waals surface area contributed by atoms with E-state index in [0.29, 0.717) is 17.6 Å². The molecule has 0 aliphatic carbocycles. The Morgan fingerprint density at radius 2 is 2.14 bits per heavy atom. The summed E-state index contributed by atoms with van der Waals surface area (Å²) >= 11 is 3.37. The lowest BCUT2D eigenvalue weighted by molar-refractivity contribution is 0.0987. The number of carbonyl (C=O) groups excluding carboxylic acids is 1. The molecule has 0 bridgehead atoms. The molecule has 2 rings (SSSR count). The maximum Gasteiger partial charge on any atom is 0.195 e. The average molecular weight is 367 g/mol. The number of ketones is 1. The minimum Gasteiger partial charge on any atom is -0.493 e. The summed E-state index contributed by atoms with van der Waals surface area (Å²) in [5, 5.41) is 1.36. The van der Waals surface area contributed by atoms with Crippen molar-refractivity contribution in [2.45, 2.75) is 33.1 Å². The van der Waals surface area contributed by atoms with E-state index in [1.165, 1.54) is 13.0 Å². The summed E-state index contributed by atoms with van der Waals surface area (Å²) in [5.74, 6) is 0.554. The van der Waals surface area contributed by atoms with E-state index in [9.17, 15) is 9.59 Å². The predicted octanol–water partition coefficient (Wildman–Crippen LogP) is 4.11. The Hall–Kier alpha value is -1.62. The van der Waals surface area contributed by atoms with Crippen molar-refractivity contribution in [1.82, 2.24) is 0 Å². The second-order valence-corrected chi connectivity index (χ2v) is 5.88. The number of Topliss-reactive ketones (excluding diaryl/α,β-unsaturated/α-hetero) is 1. The highest BCUT2D eigenvalue weighted by molar-refractivity contribution is 9.09.